The summed E-state index contributed by atoms with van der Waals surface area (Å²) < 4.78 is 13.5. The smallest absolute Gasteiger partial charge is 0.232 e. The number of benzene rings is 2. The largest absolute Gasteiger partial charge is 0.508 e. The van der Waals surface area contributed by atoms with Crippen molar-refractivity contribution in [1.29, 1.82) is 0 Å². The Morgan fingerprint density at radius 2 is 2.12 bits per heavy atom. The number of rotatable bonds is 3. The van der Waals surface area contributed by atoms with Gasteiger partial charge in [0.25, 0.3) is 0 Å². The number of hydrogen-bond acceptors (Lipinski definition) is 3. The lowest BCUT2D eigenvalue weighted by molar-refractivity contribution is -0.132. The van der Waals surface area contributed by atoms with Crippen LogP contribution in [0.3, 0.4) is 0 Å². The highest BCUT2D eigenvalue weighted by atomic mass is 19.1. The van der Waals surface area contributed by atoms with Crippen molar-refractivity contribution in [2.75, 3.05) is 18.4 Å². The summed E-state index contributed by atoms with van der Waals surface area (Å²) in [4.78, 5) is 26.6. The number of phenols is 1. The minimum atomic E-state index is -0.645. The number of halogens is 1. The normalized spacial score (nSPS) is 21.6. The highest BCUT2D eigenvalue weighted by molar-refractivity contribution is 6.04. The van der Waals surface area contributed by atoms with E-state index in [1.165, 1.54) is 18.2 Å². The van der Waals surface area contributed by atoms with E-state index in [-0.39, 0.29) is 29.9 Å². The van der Waals surface area contributed by atoms with Crippen LogP contribution in [-0.2, 0) is 9.59 Å². The van der Waals surface area contributed by atoms with Crippen LogP contribution in [-0.4, -0.2) is 34.9 Å². The number of fused-ring (bicyclic) bond motifs is 1. The van der Waals surface area contributed by atoms with Gasteiger partial charge >= 0.3 is 0 Å². The highest BCUT2D eigenvalue weighted by Crippen LogP contribution is 2.36. The number of phenolic OH excluding ortho intramolecular Hbond substituents is 1. The van der Waals surface area contributed by atoms with E-state index < -0.39 is 11.7 Å². The van der Waals surface area contributed by atoms with E-state index in [0.717, 1.165) is 12.0 Å². The van der Waals surface area contributed by atoms with Gasteiger partial charge in [-0.25, -0.2) is 4.39 Å². The second-order valence-corrected chi connectivity index (χ2v) is 6.90. The van der Waals surface area contributed by atoms with Gasteiger partial charge in [-0.3, -0.25) is 9.59 Å². The molecule has 134 valence electrons. The third-order valence-electron chi connectivity index (χ3n) is 5.22. The van der Waals surface area contributed by atoms with E-state index in [1.807, 2.05) is 6.07 Å². The van der Waals surface area contributed by atoms with Crippen molar-refractivity contribution < 1.29 is 19.1 Å². The fraction of sp³-hybridized carbons (Fsp3) is 0.300. The third kappa shape index (κ3) is 3.03. The van der Waals surface area contributed by atoms with Gasteiger partial charge in [0, 0.05) is 31.1 Å². The van der Waals surface area contributed by atoms with Crippen LogP contribution >= 0.6 is 0 Å². The molecule has 2 atom stereocenters. The molecule has 2 aromatic rings. The molecular weight excluding hydrogens is 335 g/mol. The summed E-state index contributed by atoms with van der Waals surface area (Å²) in [6, 6.07) is 11.2. The molecular formula is C20H19FN2O3. The Morgan fingerprint density at radius 1 is 1.27 bits per heavy atom. The molecule has 0 saturated carbocycles. The lowest BCUT2D eigenvalue weighted by atomic mass is 9.96. The van der Waals surface area contributed by atoms with Gasteiger partial charge in [-0.1, -0.05) is 12.1 Å². The predicted octanol–water partition coefficient (Wildman–Crippen LogP) is 2.97. The molecule has 2 aliphatic rings. The zero-order chi connectivity index (χ0) is 18.3. The lowest BCUT2D eigenvalue weighted by Gasteiger charge is -2.18. The number of aromatic hydroxyl groups is 1. The molecule has 1 fully saturated rings. The van der Waals surface area contributed by atoms with Gasteiger partial charge in [0.05, 0.1) is 5.92 Å². The molecule has 2 N–H and O–H groups in total. The van der Waals surface area contributed by atoms with Gasteiger partial charge in [-0.05, 0) is 47.9 Å². The topological polar surface area (TPSA) is 69.6 Å². The van der Waals surface area contributed by atoms with Crippen molar-refractivity contribution in [2.24, 2.45) is 0 Å². The summed E-state index contributed by atoms with van der Waals surface area (Å²) in [7, 11) is 0. The summed E-state index contributed by atoms with van der Waals surface area (Å²) in [6.45, 7) is 1.18. The Hall–Kier alpha value is -2.89. The molecule has 1 saturated heterocycles. The van der Waals surface area contributed by atoms with Crippen LogP contribution < -0.4 is 5.32 Å². The molecule has 4 rings (SSSR count). The van der Waals surface area contributed by atoms with E-state index >= 15 is 0 Å². The van der Waals surface area contributed by atoms with Gasteiger partial charge in [-0.2, -0.15) is 0 Å². The number of hydrogen-bond donors (Lipinski definition) is 2. The maximum absolute atomic E-state index is 13.5. The summed E-state index contributed by atoms with van der Waals surface area (Å²) in [5.41, 5.74) is 2.13. The number of carbonyl (C=O) groups is 2. The van der Waals surface area contributed by atoms with E-state index in [9.17, 15) is 19.1 Å². The molecule has 6 heteroatoms. The SMILES string of the molecule is O=C1Nc2ccc(F)cc2C1CC(=O)N1CCC(c2cccc(O)c2)C1. The van der Waals surface area contributed by atoms with Gasteiger partial charge in [0.1, 0.15) is 11.6 Å². The van der Waals surface area contributed by atoms with Crippen LogP contribution in [0, 0.1) is 5.82 Å². The minimum Gasteiger partial charge on any atom is -0.508 e. The van der Waals surface area contributed by atoms with Crippen LogP contribution in [0.25, 0.3) is 0 Å². The quantitative estimate of drug-likeness (QED) is 0.890. The first kappa shape index (κ1) is 16.6. The summed E-state index contributed by atoms with van der Waals surface area (Å²) in [5.74, 6) is -1.04. The highest BCUT2D eigenvalue weighted by Gasteiger charge is 2.35. The number of carbonyl (C=O) groups excluding carboxylic acids is 2. The van der Waals surface area contributed by atoms with Gasteiger partial charge in [0.2, 0.25) is 11.8 Å². The van der Waals surface area contributed by atoms with Gasteiger partial charge < -0.3 is 15.3 Å². The predicted molar refractivity (Wildman–Crippen MR) is 94.4 cm³/mol. The van der Waals surface area contributed by atoms with Gasteiger partial charge in [0.15, 0.2) is 0 Å². The monoisotopic (exact) mass is 354 g/mol. The Labute approximate surface area is 150 Å². The van der Waals surface area contributed by atoms with Crippen molar-refractivity contribution in [3.63, 3.8) is 0 Å². The van der Waals surface area contributed by atoms with Crippen LogP contribution in [0.4, 0.5) is 10.1 Å². The first-order valence-electron chi connectivity index (χ1n) is 8.68. The number of nitrogens with zero attached hydrogens (tertiary/aromatic N) is 1. The standard InChI is InChI=1S/C20H19FN2O3/c21-14-4-5-18-16(9-14)17(20(26)22-18)10-19(25)23-7-6-13(11-23)12-2-1-3-15(24)8-12/h1-5,8-9,13,17,24H,6-7,10-11H2,(H,22,26). The molecule has 0 aliphatic carbocycles. The Balaban J connectivity index is 1.45. The first-order valence-corrected chi connectivity index (χ1v) is 8.68. The summed E-state index contributed by atoms with van der Waals surface area (Å²) >= 11 is 0. The van der Waals surface area contributed by atoms with Crippen molar-refractivity contribution in [1.82, 2.24) is 4.90 Å². The number of likely N-dealkylation sites (tertiary alicyclic amines) is 1. The molecule has 2 aliphatic heterocycles. The maximum Gasteiger partial charge on any atom is 0.232 e. The van der Waals surface area contributed by atoms with E-state index in [2.05, 4.69) is 5.32 Å². The van der Waals surface area contributed by atoms with E-state index in [4.69, 9.17) is 0 Å². The summed E-state index contributed by atoms with van der Waals surface area (Å²) in [6.07, 6.45) is 0.853. The van der Waals surface area contributed by atoms with Crippen LogP contribution in [0.5, 0.6) is 5.75 Å². The van der Waals surface area contributed by atoms with Crippen molar-refractivity contribution in [3.05, 3.63) is 59.4 Å². The average molecular weight is 354 g/mol. The fourth-order valence-corrected chi connectivity index (χ4v) is 3.84. The fourth-order valence-electron chi connectivity index (χ4n) is 3.84. The Bertz CT molecular complexity index is 883. The van der Waals surface area contributed by atoms with Crippen LogP contribution in [0.15, 0.2) is 42.5 Å². The van der Waals surface area contributed by atoms with Crippen LogP contribution in [0.1, 0.15) is 35.8 Å². The van der Waals surface area contributed by atoms with Crippen molar-refractivity contribution in [3.8, 4) is 5.75 Å². The minimum absolute atomic E-state index is 0.0368. The zero-order valence-corrected chi connectivity index (χ0v) is 14.1. The Morgan fingerprint density at radius 3 is 2.92 bits per heavy atom. The van der Waals surface area contributed by atoms with Crippen molar-refractivity contribution >= 4 is 17.5 Å². The number of amides is 2. The zero-order valence-electron chi connectivity index (χ0n) is 14.1. The molecule has 2 aromatic carbocycles. The molecule has 0 spiro atoms. The third-order valence-corrected chi connectivity index (χ3v) is 5.22. The number of anilines is 1. The molecule has 5 nitrogen and oxygen atoms in total. The number of nitrogens with one attached hydrogen (secondary N) is 1. The molecule has 0 radical (unpaired) electrons. The summed E-state index contributed by atoms with van der Waals surface area (Å²) in [5, 5.41) is 12.3. The second-order valence-electron chi connectivity index (χ2n) is 6.90. The van der Waals surface area contributed by atoms with E-state index in [0.29, 0.717) is 24.3 Å². The molecule has 0 aromatic heterocycles. The van der Waals surface area contributed by atoms with E-state index in [1.54, 1.807) is 23.1 Å². The maximum atomic E-state index is 13.5. The average Bonchev–Trinajstić information content (AvgIpc) is 3.21. The molecule has 2 unspecified atom stereocenters. The Kier molecular flexibility index (Phi) is 4.11. The van der Waals surface area contributed by atoms with Gasteiger partial charge in [-0.15, -0.1) is 0 Å². The second kappa shape index (κ2) is 6.44. The first-order chi connectivity index (χ1) is 12.5. The van der Waals surface area contributed by atoms with Crippen LogP contribution in [0.2, 0.25) is 0 Å². The molecule has 0 bridgehead atoms. The molecule has 2 heterocycles. The van der Waals surface area contributed by atoms with Crippen molar-refractivity contribution in [2.45, 2.75) is 24.7 Å². The molecule has 26 heavy (non-hydrogen) atoms. The molecule has 2 amide bonds. The lowest BCUT2D eigenvalue weighted by Crippen LogP contribution is -2.31.